The second kappa shape index (κ2) is 4.84. The molecule has 0 aliphatic carbocycles. The molecule has 1 aromatic heterocycles. The minimum atomic E-state index is 0.548. The predicted molar refractivity (Wildman–Crippen MR) is 75.8 cm³/mol. The second-order valence-electron chi connectivity index (χ2n) is 4.83. The van der Waals surface area contributed by atoms with Crippen LogP contribution < -0.4 is 10.6 Å². The van der Waals surface area contributed by atoms with Gasteiger partial charge in [-0.15, -0.1) is 5.10 Å². The molecule has 0 spiro atoms. The zero-order valence-corrected chi connectivity index (χ0v) is 11.2. The van der Waals surface area contributed by atoms with Gasteiger partial charge in [-0.1, -0.05) is 0 Å². The number of benzene rings is 1. The molecule has 0 bridgehead atoms. The number of aromatic nitrogens is 3. The van der Waals surface area contributed by atoms with E-state index in [-0.39, 0.29) is 0 Å². The van der Waals surface area contributed by atoms with Crippen LogP contribution >= 0.6 is 0 Å². The van der Waals surface area contributed by atoms with Crippen molar-refractivity contribution in [3.8, 4) is 0 Å². The zero-order valence-electron chi connectivity index (χ0n) is 11.2. The number of hydrogen-bond donors (Lipinski definition) is 2. The maximum Gasteiger partial charge on any atom is 0.247 e. The summed E-state index contributed by atoms with van der Waals surface area (Å²) in [6, 6.07) is 6.29. The van der Waals surface area contributed by atoms with Gasteiger partial charge in [-0.25, -0.2) is 4.98 Å². The maximum absolute atomic E-state index is 4.38. The Morgan fingerprint density at radius 2 is 2.05 bits per heavy atom. The highest BCUT2D eigenvalue weighted by Crippen LogP contribution is 2.26. The third kappa shape index (κ3) is 2.50. The Bertz CT molecular complexity index is 609. The number of aryl methyl sites for hydroxylation is 3. The number of anilines is 3. The second-order valence-corrected chi connectivity index (χ2v) is 4.83. The summed E-state index contributed by atoms with van der Waals surface area (Å²) in [4.78, 5) is 4.38. The van der Waals surface area contributed by atoms with Gasteiger partial charge in [0, 0.05) is 17.9 Å². The number of fused-ring (bicyclic) bond motifs is 1. The molecule has 2 N–H and O–H groups in total. The molecule has 0 atom stereocenters. The molecule has 98 valence electrons. The first-order chi connectivity index (χ1) is 9.22. The molecular formula is C14H17N5. The fourth-order valence-electron chi connectivity index (χ4n) is 2.19. The lowest BCUT2D eigenvalue weighted by Crippen LogP contribution is -2.11. The van der Waals surface area contributed by atoms with Crippen LogP contribution in [0.3, 0.4) is 0 Å². The van der Waals surface area contributed by atoms with Crippen LogP contribution in [-0.2, 0) is 6.42 Å². The van der Waals surface area contributed by atoms with Crippen molar-refractivity contribution < 1.29 is 0 Å². The lowest BCUT2D eigenvalue weighted by molar-refractivity contribution is 0.830. The van der Waals surface area contributed by atoms with Crippen molar-refractivity contribution in [3.63, 3.8) is 0 Å². The van der Waals surface area contributed by atoms with Crippen LogP contribution in [0.4, 0.5) is 17.3 Å². The first-order valence-corrected chi connectivity index (χ1v) is 6.54. The topological polar surface area (TPSA) is 62.7 Å². The monoisotopic (exact) mass is 255 g/mol. The van der Waals surface area contributed by atoms with Crippen molar-refractivity contribution >= 4 is 17.3 Å². The Kier molecular flexibility index (Phi) is 3.03. The Morgan fingerprint density at radius 3 is 2.89 bits per heavy atom. The van der Waals surface area contributed by atoms with E-state index in [1.54, 1.807) is 0 Å². The molecule has 3 rings (SSSR count). The highest BCUT2D eigenvalue weighted by atomic mass is 15.2. The van der Waals surface area contributed by atoms with Gasteiger partial charge < -0.3 is 10.6 Å². The fraction of sp³-hybridized carbons (Fsp3) is 0.357. The SMILES string of the molecule is Cc1nnc(Nc2ccc3c(c2)CCCN3)nc1C. The van der Waals surface area contributed by atoms with Gasteiger partial charge in [-0.3, -0.25) is 0 Å². The van der Waals surface area contributed by atoms with Crippen LogP contribution in [0, 0.1) is 13.8 Å². The normalized spacial score (nSPS) is 13.6. The summed E-state index contributed by atoms with van der Waals surface area (Å²) in [5.41, 5.74) is 5.34. The average molecular weight is 255 g/mol. The summed E-state index contributed by atoms with van der Waals surface area (Å²) in [7, 11) is 0. The molecule has 2 aromatic rings. The zero-order chi connectivity index (χ0) is 13.2. The molecule has 1 aliphatic rings. The molecule has 0 amide bonds. The Balaban J connectivity index is 1.84. The lowest BCUT2D eigenvalue weighted by Gasteiger charge is -2.18. The van der Waals surface area contributed by atoms with E-state index in [2.05, 4.69) is 37.9 Å². The smallest absolute Gasteiger partial charge is 0.247 e. The van der Waals surface area contributed by atoms with Crippen LogP contribution in [0.5, 0.6) is 0 Å². The molecule has 0 unspecified atom stereocenters. The number of nitrogens with one attached hydrogen (secondary N) is 2. The summed E-state index contributed by atoms with van der Waals surface area (Å²) < 4.78 is 0. The molecule has 5 nitrogen and oxygen atoms in total. The van der Waals surface area contributed by atoms with Crippen molar-refractivity contribution in [1.29, 1.82) is 0 Å². The van der Waals surface area contributed by atoms with E-state index in [4.69, 9.17) is 0 Å². The van der Waals surface area contributed by atoms with Crippen LogP contribution in [0.1, 0.15) is 23.4 Å². The summed E-state index contributed by atoms with van der Waals surface area (Å²) in [5.74, 6) is 0.548. The van der Waals surface area contributed by atoms with E-state index in [1.165, 1.54) is 17.7 Å². The molecule has 19 heavy (non-hydrogen) atoms. The van der Waals surface area contributed by atoms with Crippen molar-refractivity contribution in [2.24, 2.45) is 0 Å². The largest absolute Gasteiger partial charge is 0.385 e. The van der Waals surface area contributed by atoms with E-state index >= 15 is 0 Å². The number of rotatable bonds is 2. The fourth-order valence-corrected chi connectivity index (χ4v) is 2.19. The lowest BCUT2D eigenvalue weighted by atomic mass is 10.0. The van der Waals surface area contributed by atoms with Crippen LogP contribution in [0.15, 0.2) is 18.2 Å². The maximum atomic E-state index is 4.38. The van der Waals surface area contributed by atoms with Gasteiger partial charge in [-0.05, 0) is 50.5 Å². The van der Waals surface area contributed by atoms with E-state index in [0.717, 1.165) is 30.0 Å². The summed E-state index contributed by atoms with van der Waals surface area (Å²) in [6.07, 6.45) is 2.29. The quantitative estimate of drug-likeness (QED) is 0.863. The standard InChI is InChI=1S/C14H17N5/c1-9-10(2)18-19-14(16-9)17-12-5-6-13-11(8-12)4-3-7-15-13/h5-6,8,15H,3-4,7H2,1-2H3,(H,16,17,19). The molecule has 2 heterocycles. The third-order valence-corrected chi connectivity index (χ3v) is 3.39. The van der Waals surface area contributed by atoms with Gasteiger partial charge in [-0.2, -0.15) is 5.10 Å². The molecule has 1 aliphatic heterocycles. The van der Waals surface area contributed by atoms with Gasteiger partial charge in [0.25, 0.3) is 0 Å². The van der Waals surface area contributed by atoms with Crippen molar-refractivity contribution in [2.75, 3.05) is 17.2 Å². The van der Waals surface area contributed by atoms with E-state index in [1.807, 2.05) is 19.9 Å². The minimum Gasteiger partial charge on any atom is -0.385 e. The molecule has 5 heteroatoms. The van der Waals surface area contributed by atoms with Gasteiger partial charge >= 0.3 is 0 Å². The van der Waals surface area contributed by atoms with Crippen molar-refractivity contribution in [3.05, 3.63) is 35.2 Å². The first-order valence-electron chi connectivity index (χ1n) is 6.54. The highest BCUT2D eigenvalue weighted by Gasteiger charge is 2.09. The predicted octanol–water partition coefficient (Wildman–Crippen LogP) is 2.59. The summed E-state index contributed by atoms with van der Waals surface area (Å²) in [6.45, 7) is 4.90. The van der Waals surface area contributed by atoms with E-state index in [0.29, 0.717) is 5.95 Å². The molecule has 1 aromatic carbocycles. The number of hydrogen-bond acceptors (Lipinski definition) is 5. The average Bonchev–Trinajstić information content (AvgIpc) is 2.43. The Hall–Kier alpha value is -2.17. The minimum absolute atomic E-state index is 0.548. The van der Waals surface area contributed by atoms with Crippen molar-refractivity contribution in [1.82, 2.24) is 15.2 Å². The van der Waals surface area contributed by atoms with Crippen LogP contribution in [0.2, 0.25) is 0 Å². The summed E-state index contributed by atoms with van der Waals surface area (Å²) >= 11 is 0. The van der Waals surface area contributed by atoms with Crippen LogP contribution in [-0.4, -0.2) is 21.7 Å². The van der Waals surface area contributed by atoms with E-state index < -0.39 is 0 Å². The Labute approximate surface area is 112 Å². The van der Waals surface area contributed by atoms with E-state index in [9.17, 15) is 0 Å². The summed E-state index contributed by atoms with van der Waals surface area (Å²) in [5, 5.41) is 14.7. The van der Waals surface area contributed by atoms with Gasteiger partial charge in [0.2, 0.25) is 5.95 Å². The first kappa shape index (κ1) is 11.9. The Morgan fingerprint density at radius 1 is 1.16 bits per heavy atom. The van der Waals surface area contributed by atoms with Gasteiger partial charge in [0.05, 0.1) is 11.4 Å². The number of nitrogens with zero attached hydrogens (tertiary/aromatic N) is 3. The van der Waals surface area contributed by atoms with Gasteiger partial charge in [0.1, 0.15) is 0 Å². The van der Waals surface area contributed by atoms with Crippen LogP contribution in [0.25, 0.3) is 0 Å². The third-order valence-electron chi connectivity index (χ3n) is 3.39. The molecule has 0 saturated carbocycles. The molecule has 0 fully saturated rings. The molecule has 0 radical (unpaired) electrons. The molecule has 0 saturated heterocycles. The molecular weight excluding hydrogens is 238 g/mol. The van der Waals surface area contributed by atoms with Crippen molar-refractivity contribution in [2.45, 2.75) is 26.7 Å². The van der Waals surface area contributed by atoms with Gasteiger partial charge in [0.15, 0.2) is 0 Å². The highest BCUT2D eigenvalue weighted by molar-refractivity contribution is 5.63.